The minimum atomic E-state index is 0.399. The topological polar surface area (TPSA) is 64.7 Å². The lowest BCUT2D eigenvalue weighted by Gasteiger charge is -2.33. The fourth-order valence-corrected chi connectivity index (χ4v) is 3.38. The quantitative estimate of drug-likeness (QED) is 0.733. The summed E-state index contributed by atoms with van der Waals surface area (Å²) in [6, 6.07) is 6.06. The Hall–Kier alpha value is -2.70. The summed E-state index contributed by atoms with van der Waals surface area (Å²) in [5.41, 5.74) is 1.23. The first-order valence-electron chi connectivity index (χ1n) is 8.32. The molecule has 0 bridgehead atoms. The first-order valence-corrected chi connectivity index (χ1v) is 8.32. The second-order valence-electron chi connectivity index (χ2n) is 6.23. The molecule has 0 aromatic carbocycles. The molecule has 24 heavy (non-hydrogen) atoms. The maximum Gasteiger partial charge on any atom is 0.154 e. The molecule has 4 rings (SSSR count). The number of aromatic nitrogens is 6. The van der Waals surface area contributed by atoms with E-state index in [2.05, 4.69) is 48.9 Å². The average molecular weight is 323 g/mol. The Morgan fingerprint density at radius 1 is 1.17 bits per heavy atom. The molecular formula is C17H21N7. The number of hydrogen-bond acceptors (Lipinski definition) is 5. The number of nitrogens with zero attached hydrogens (tertiary/aromatic N) is 7. The Labute approximate surface area is 141 Å². The largest absolute Gasteiger partial charge is 0.371 e. The number of anilines is 1. The summed E-state index contributed by atoms with van der Waals surface area (Å²) in [7, 11) is 2.06. The number of hydrogen-bond donors (Lipinski definition) is 0. The van der Waals surface area contributed by atoms with Crippen LogP contribution in [-0.2, 0) is 13.6 Å². The van der Waals surface area contributed by atoms with Gasteiger partial charge in [0.05, 0.1) is 0 Å². The van der Waals surface area contributed by atoms with Crippen LogP contribution in [0.4, 0.5) is 5.69 Å². The van der Waals surface area contributed by atoms with Crippen LogP contribution in [0.3, 0.4) is 0 Å². The summed E-state index contributed by atoms with van der Waals surface area (Å²) in [5, 5.41) is 13.1. The van der Waals surface area contributed by atoms with Gasteiger partial charge in [-0.15, -0.1) is 10.2 Å². The van der Waals surface area contributed by atoms with Gasteiger partial charge in [0.1, 0.15) is 12.4 Å². The molecule has 3 aromatic rings. The highest BCUT2D eigenvalue weighted by atomic mass is 15.3. The van der Waals surface area contributed by atoms with Crippen molar-refractivity contribution in [2.75, 3.05) is 18.0 Å². The molecule has 1 atom stereocenters. The fourth-order valence-electron chi connectivity index (χ4n) is 3.38. The van der Waals surface area contributed by atoms with Crippen LogP contribution >= 0.6 is 0 Å². The third kappa shape index (κ3) is 2.89. The smallest absolute Gasteiger partial charge is 0.154 e. The van der Waals surface area contributed by atoms with E-state index >= 15 is 0 Å². The van der Waals surface area contributed by atoms with Crippen LogP contribution in [0.1, 0.15) is 30.4 Å². The predicted octanol–water partition coefficient (Wildman–Crippen LogP) is 1.84. The standard InChI is InChI=1S/C17H21N7/c1-22-16(13-24-11-3-7-19-24)20-21-17(22)14-4-2-10-23(12-14)15-5-8-18-9-6-15/h3,5-9,11,14H,2,4,10,12-13H2,1H3/t14-/m1/s1. The van der Waals surface area contributed by atoms with Gasteiger partial charge in [-0.2, -0.15) is 5.10 Å². The van der Waals surface area contributed by atoms with Crippen LogP contribution in [0, 0.1) is 0 Å². The summed E-state index contributed by atoms with van der Waals surface area (Å²) in [4.78, 5) is 6.52. The monoisotopic (exact) mass is 323 g/mol. The molecular weight excluding hydrogens is 302 g/mol. The summed E-state index contributed by atoms with van der Waals surface area (Å²) in [6.07, 6.45) is 9.74. The molecule has 7 heteroatoms. The Kier molecular flexibility index (Phi) is 3.98. The second-order valence-corrected chi connectivity index (χ2v) is 6.23. The molecule has 0 saturated carbocycles. The van der Waals surface area contributed by atoms with Crippen molar-refractivity contribution in [3.63, 3.8) is 0 Å². The molecule has 1 aliphatic heterocycles. The van der Waals surface area contributed by atoms with Gasteiger partial charge in [0, 0.05) is 56.5 Å². The van der Waals surface area contributed by atoms with Crippen molar-refractivity contribution in [3.05, 3.63) is 54.6 Å². The van der Waals surface area contributed by atoms with Crippen molar-refractivity contribution in [2.45, 2.75) is 25.3 Å². The van der Waals surface area contributed by atoms with Crippen molar-refractivity contribution < 1.29 is 0 Å². The molecule has 4 heterocycles. The zero-order valence-electron chi connectivity index (χ0n) is 13.8. The Bertz CT molecular complexity index is 779. The van der Waals surface area contributed by atoms with E-state index in [-0.39, 0.29) is 0 Å². The molecule has 0 aliphatic carbocycles. The first-order chi connectivity index (χ1) is 11.8. The van der Waals surface area contributed by atoms with Crippen LogP contribution in [0.25, 0.3) is 0 Å². The van der Waals surface area contributed by atoms with Gasteiger partial charge in [-0.05, 0) is 31.0 Å². The van der Waals surface area contributed by atoms with Crippen molar-refractivity contribution in [1.29, 1.82) is 0 Å². The molecule has 1 saturated heterocycles. The Morgan fingerprint density at radius 2 is 2.04 bits per heavy atom. The van der Waals surface area contributed by atoms with Crippen molar-refractivity contribution in [2.24, 2.45) is 7.05 Å². The van der Waals surface area contributed by atoms with Gasteiger partial charge in [0.2, 0.25) is 0 Å². The van der Waals surface area contributed by atoms with E-state index < -0.39 is 0 Å². The molecule has 124 valence electrons. The summed E-state index contributed by atoms with van der Waals surface area (Å²) >= 11 is 0. The summed E-state index contributed by atoms with van der Waals surface area (Å²) < 4.78 is 4.00. The highest BCUT2D eigenvalue weighted by Crippen LogP contribution is 2.28. The van der Waals surface area contributed by atoms with Gasteiger partial charge in [0.25, 0.3) is 0 Å². The van der Waals surface area contributed by atoms with E-state index in [1.807, 2.05) is 29.3 Å². The van der Waals surface area contributed by atoms with E-state index in [0.29, 0.717) is 12.5 Å². The van der Waals surface area contributed by atoms with E-state index in [0.717, 1.165) is 37.6 Å². The SMILES string of the molecule is Cn1c(Cn2cccn2)nnc1[C@@H]1CCCN(c2ccncc2)C1. The highest BCUT2D eigenvalue weighted by Gasteiger charge is 2.26. The van der Waals surface area contributed by atoms with E-state index in [4.69, 9.17) is 0 Å². The fraction of sp³-hybridized carbons (Fsp3) is 0.412. The van der Waals surface area contributed by atoms with E-state index in [1.165, 1.54) is 5.69 Å². The Balaban J connectivity index is 1.52. The van der Waals surface area contributed by atoms with Crippen molar-refractivity contribution >= 4 is 5.69 Å². The third-order valence-electron chi connectivity index (χ3n) is 4.68. The number of pyridine rings is 1. The van der Waals surface area contributed by atoms with Gasteiger partial charge in [-0.1, -0.05) is 0 Å². The van der Waals surface area contributed by atoms with Crippen molar-refractivity contribution in [1.82, 2.24) is 29.5 Å². The lowest BCUT2D eigenvalue weighted by atomic mass is 9.96. The summed E-state index contributed by atoms with van der Waals surface area (Å²) in [6.45, 7) is 2.70. The number of rotatable bonds is 4. The maximum atomic E-state index is 4.48. The molecule has 0 amide bonds. The van der Waals surface area contributed by atoms with Gasteiger partial charge < -0.3 is 9.47 Å². The molecule has 0 radical (unpaired) electrons. The first kappa shape index (κ1) is 14.9. The lowest BCUT2D eigenvalue weighted by molar-refractivity contribution is 0.477. The molecule has 0 spiro atoms. The average Bonchev–Trinajstić information content (AvgIpc) is 3.27. The van der Waals surface area contributed by atoms with E-state index in [9.17, 15) is 0 Å². The van der Waals surface area contributed by atoms with Crippen LogP contribution in [0.5, 0.6) is 0 Å². The van der Waals surface area contributed by atoms with Crippen molar-refractivity contribution in [3.8, 4) is 0 Å². The maximum absolute atomic E-state index is 4.48. The molecule has 0 unspecified atom stereocenters. The Morgan fingerprint density at radius 3 is 2.83 bits per heavy atom. The van der Waals surface area contributed by atoms with Gasteiger partial charge in [0.15, 0.2) is 5.82 Å². The van der Waals surface area contributed by atoms with Crippen LogP contribution in [0.2, 0.25) is 0 Å². The molecule has 1 aliphatic rings. The zero-order chi connectivity index (χ0) is 16.4. The highest BCUT2D eigenvalue weighted by molar-refractivity contribution is 5.45. The third-order valence-corrected chi connectivity index (χ3v) is 4.68. The van der Waals surface area contributed by atoms with E-state index in [1.54, 1.807) is 6.20 Å². The molecule has 7 nitrogen and oxygen atoms in total. The minimum absolute atomic E-state index is 0.399. The molecule has 3 aromatic heterocycles. The lowest BCUT2D eigenvalue weighted by Crippen LogP contribution is -2.35. The summed E-state index contributed by atoms with van der Waals surface area (Å²) in [5.74, 6) is 2.40. The minimum Gasteiger partial charge on any atom is -0.371 e. The van der Waals surface area contributed by atoms with Gasteiger partial charge in [-0.25, -0.2) is 0 Å². The van der Waals surface area contributed by atoms with Gasteiger partial charge in [-0.3, -0.25) is 9.67 Å². The van der Waals surface area contributed by atoms with Crippen LogP contribution < -0.4 is 4.90 Å². The predicted molar refractivity (Wildman–Crippen MR) is 90.8 cm³/mol. The molecule has 1 fully saturated rings. The van der Waals surface area contributed by atoms with Crippen LogP contribution in [-0.4, -0.2) is 42.6 Å². The van der Waals surface area contributed by atoms with Gasteiger partial charge >= 0.3 is 0 Å². The zero-order valence-corrected chi connectivity index (χ0v) is 13.8. The second kappa shape index (κ2) is 6.43. The normalized spacial score (nSPS) is 18.0. The molecule has 0 N–H and O–H groups in total. The van der Waals surface area contributed by atoms with Crippen LogP contribution in [0.15, 0.2) is 43.0 Å². The number of piperidine rings is 1.